The Kier molecular flexibility index (Phi) is 3.72. The number of carboxylic acid groups (broad SMARTS) is 1. The fourth-order valence-electron chi connectivity index (χ4n) is 3.37. The molecule has 3 heterocycles. The molecule has 1 aliphatic rings. The van der Waals surface area contributed by atoms with E-state index in [0.29, 0.717) is 41.0 Å². The molecule has 3 aromatic rings. The predicted molar refractivity (Wildman–Crippen MR) is 95.4 cm³/mol. The minimum absolute atomic E-state index is 0.283. The van der Waals surface area contributed by atoms with E-state index in [-0.39, 0.29) is 5.91 Å². The molecule has 132 valence electrons. The van der Waals surface area contributed by atoms with Gasteiger partial charge in [-0.1, -0.05) is 18.2 Å². The zero-order valence-electron chi connectivity index (χ0n) is 14.5. The van der Waals surface area contributed by atoms with Crippen molar-refractivity contribution in [2.24, 2.45) is 0 Å². The number of nitrogens with zero attached hydrogens (tertiary/aromatic N) is 4. The first-order chi connectivity index (χ1) is 12.5. The van der Waals surface area contributed by atoms with Crippen LogP contribution in [0.5, 0.6) is 0 Å². The number of carbonyl (C=O) groups is 2. The van der Waals surface area contributed by atoms with E-state index in [0.717, 1.165) is 5.69 Å². The third-order valence-corrected chi connectivity index (χ3v) is 4.74. The van der Waals surface area contributed by atoms with Gasteiger partial charge in [-0.25, -0.2) is 14.5 Å². The number of aliphatic carboxylic acids is 1. The molecule has 1 saturated heterocycles. The van der Waals surface area contributed by atoms with Crippen LogP contribution in [0.4, 0.5) is 0 Å². The average molecular weight is 350 g/mol. The highest BCUT2D eigenvalue weighted by atomic mass is 16.4. The molecular formula is C19H18N4O3. The van der Waals surface area contributed by atoms with Crippen LogP contribution in [0.3, 0.4) is 0 Å². The van der Waals surface area contributed by atoms with E-state index >= 15 is 0 Å². The van der Waals surface area contributed by atoms with Crippen molar-refractivity contribution in [3.8, 4) is 5.69 Å². The van der Waals surface area contributed by atoms with Crippen LogP contribution in [0.25, 0.3) is 16.7 Å². The lowest BCUT2D eigenvalue weighted by Gasteiger charge is -2.38. The Morgan fingerprint density at radius 3 is 2.54 bits per heavy atom. The van der Waals surface area contributed by atoms with E-state index in [1.807, 2.05) is 44.2 Å². The number of aryl methyl sites for hydroxylation is 2. The van der Waals surface area contributed by atoms with E-state index in [1.54, 1.807) is 10.7 Å². The van der Waals surface area contributed by atoms with Gasteiger partial charge in [-0.3, -0.25) is 4.79 Å². The number of fused-ring (bicyclic) bond motifs is 1. The normalized spacial score (nSPS) is 16.5. The van der Waals surface area contributed by atoms with Gasteiger partial charge in [0, 0.05) is 12.2 Å². The summed E-state index contributed by atoms with van der Waals surface area (Å²) in [6, 6.07) is 10.6. The van der Waals surface area contributed by atoms with Gasteiger partial charge in [0.1, 0.15) is 6.04 Å². The quantitative estimate of drug-likeness (QED) is 0.783. The maximum Gasteiger partial charge on any atom is 0.326 e. The number of amides is 1. The molecular weight excluding hydrogens is 332 g/mol. The number of hydrogen-bond donors (Lipinski definition) is 1. The summed E-state index contributed by atoms with van der Waals surface area (Å²) in [5.74, 6) is -1.25. The molecule has 26 heavy (non-hydrogen) atoms. The molecule has 4 rings (SSSR count). The highest BCUT2D eigenvalue weighted by Gasteiger charge is 2.39. The van der Waals surface area contributed by atoms with Crippen LogP contribution >= 0.6 is 0 Å². The van der Waals surface area contributed by atoms with Crippen LogP contribution in [-0.2, 0) is 4.79 Å². The third kappa shape index (κ3) is 2.44. The Hall–Kier alpha value is -3.22. The lowest BCUT2D eigenvalue weighted by Crippen LogP contribution is -2.55. The maximum absolute atomic E-state index is 13.0. The van der Waals surface area contributed by atoms with Gasteiger partial charge in [-0.05, 0) is 38.5 Å². The molecule has 0 aliphatic carbocycles. The van der Waals surface area contributed by atoms with Crippen molar-refractivity contribution in [1.29, 1.82) is 0 Å². The lowest BCUT2D eigenvalue weighted by atomic mass is 10.00. The molecule has 0 saturated carbocycles. The molecule has 0 radical (unpaired) electrons. The zero-order valence-corrected chi connectivity index (χ0v) is 14.5. The van der Waals surface area contributed by atoms with Crippen molar-refractivity contribution < 1.29 is 14.7 Å². The van der Waals surface area contributed by atoms with Crippen molar-refractivity contribution in [3.63, 3.8) is 0 Å². The Labute approximate surface area is 149 Å². The van der Waals surface area contributed by atoms with Gasteiger partial charge in [0.25, 0.3) is 5.91 Å². The number of hydrogen-bond acceptors (Lipinski definition) is 4. The summed E-state index contributed by atoms with van der Waals surface area (Å²) in [7, 11) is 0. The first-order valence-electron chi connectivity index (χ1n) is 8.43. The van der Waals surface area contributed by atoms with E-state index in [4.69, 9.17) is 0 Å². The third-order valence-electron chi connectivity index (χ3n) is 4.74. The first-order valence-corrected chi connectivity index (χ1v) is 8.43. The summed E-state index contributed by atoms with van der Waals surface area (Å²) < 4.78 is 1.72. The molecule has 1 unspecified atom stereocenters. The summed E-state index contributed by atoms with van der Waals surface area (Å²) in [4.78, 5) is 30.3. The van der Waals surface area contributed by atoms with Crippen LogP contribution in [0.15, 0.2) is 36.4 Å². The first kappa shape index (κ1) is 16.3. The van der Waals surface area contributed by atoms with E-state index in [9.17, 15) is 14.7 Å². The summed E-state index contributed by atoms with van der Waals surface area (Å²) in [5.41, 5.74) is 3.29. The summed E-state index contributed by atoms with van der Waals surface area (Å²) in [6.07, 6.45) is 0.483. The zero-order chi connectivity index (χ0) is 18.4. The maximum atomic E-state index is 13.0. The fraction of sp³-hybridized carbons (Fsp3) is 0.263. The van der Waals surface area contributed by atoms with Gasteiger partial charge < -0.3 is 10.0 Å². The second-order valence-corrected chi connectivity index (χ2v) is 6.48. The number of benzene rings is 1. The standard InChI is InChI=1S/C19H18N4O3/c1-11-10-14(18(24)22-9-8-15(22)19(25)26)16-12(2)21-23(17(16)20-11)13-6-4-3-5-7-13/h3-7,10,15H,8-9H2,1-2H3,(H,25,26). The monoisotopic (exact) mass is 350 g/mol. The summed E-state index contributed by atoms with van der Waals surface area (Å²) >= 11 is 0. The molecule has 1 fully saturated rings. The number of rotatable bonds is 3. The number of likely N-dealkylation sites (tertiary alicyclic amines) is 1. The Balaban J connectivity index is 1.88. The summed E-state index contributed by atoms with van der Waals surface area (Å²) in [6.45, 7) is 4.10. The largest absolute Gasteiger partial charge is 0.480 e. The Bertz CT molecular complexity index is 1030. The van der Waals surface area contributed by atoms with E-state index < -0.39 is 12.0 Å². The molecule has 1 N–H and O–H groups in total. The number of pyridine rings is 1. The lowest BCUT2D eigenvalue weighted by molar-refractivity contribution is -0.146. The Morgan fingerprint density at radius 1 is 1.19 bits per heavy atom. The van der Waals surface area contributed by atoms with Crippen LogP contribution in [0.1, 0.15) is 28.2 Å². The van der Waals surface area contributed by atoms with Gasteiger partial charge >= 0.3 is 5.97 Å². The van der Waals surface area contributed by atoms with Crippen LogP contribution in [-0.4, -0.2) is 49.2 Å². The number of carboxylic acids is 1. The molecule has 7 heteroatoms. The molecule has 1 aliphatic heterocycles. The topological polar surface area (TPSA) is 88.3 Å². The summed E-state index contributed by atoms with van der Waals surface area (Å²) in [5, 5.41) is 14.5. The molecule has 1 atom stereocenters. The van der Waals surface area contributed by atoms with Crippen molar-refractivity contribution in [2.45, 2.75) is 26.3 Å². The van der Waals surface area contributed by atoms with Gasteiger partial charge in [0.2, 0.25) is 0 Å². The fourth-order valence-corrected chi connectivity index (χ4v) is 3.37. The molecule has 7 nitrogen and oxygen atoms in total. The SMILES string of the molecule is Cc1cc(C(=O)N2CCC2C(=O)O)c2c(C)nn(-c3ccccc3)c2n1. The van der Waals surface area contributed by atoms with Gasteiger partial charge in [-0.2, -0.15) is 5.10 Å². The average Bonchev–Trinajstić information content (AvgIpc) is 2.90. The van der Waals surface area contributed by atoms with Crippen LogP contribution < -0.4 is 0 Å². The van der Waals surface area contributed by atoms with Gasteiger partial charge in [0.05, 0.1) is 22.3 Å². The van der Waals surface area contributed by atoms with Gasteiger partial charge in [0.15, 0.2) is 5.65 Å². The Morgan fingerprint density at radius 2 is 1.92 bits per heavy atom. The number of aromatic nitrogens is 3. The molecule has 1 amide bonds. The van der Waals surface area contributed by atoms with Crippen molar-refractivity contribution in [3.05, 3.63) is 53.3 Å². The van der Waals surface area contributed by atoms with Crippen molar-refractivity contribution >= 4 is 22.9 Å². The van der Waals surface area contributed by atoms with Crippen LogP contribution in [0.2, 0.25) is 0 Å². The highest BCUT2D eigenvalue weighted by Crippen LogP contribution is 2.28. The van der Waals surface area contributed by atoms with E-state index in [1.165, 1.54) is 4.90 Å². The molecule has 0 spiro atoms. The van der Waals surface area contributed by atoms with Crippen molar-refractivity contribution in [1.82, 2.24) is 19.7 Å². The van der Waals surface area contributed by atoms with Crippen molar-refractivity contribution in [2.75, 3.05) is 6.54 Å². The molecule has 2 aromatic heterocycles. The molecule has 0 bridgehead atoms. The minimum Gasteiger partial charge on any atom is -0.480 e. The van der Waals surface area contributed by atoms with E-state index in [2.05, 4.69) is 10.1 Å². The second-order valence-electron chi connectivity index (χ2n) is 6.48. The predicted octanol–water partition coefficient (Wildman–Crippen LogP) is 2.34. The number of carbonyl (C=O) groups excluding carboxylic acids is 1. The second kappa shape index (κ2) is 5.94. The minimum atomic E-state index is -0.969. The number of para-hydroxylation sites is 1. The molecule has 1 aromatic carbocycles. The smallest absolute Gasteiger partial charge is 0.326 e. The van der Waals surface area contributed by atoms with Gasteiger partial charge in [-0.15, -0.1) is 0 Å². The van der Waals surface area contributed by atoms with Crippen LogP contribution in [0, 0.1) is 13.8 Å². The highest BCUT2D eigenvalue weighted by molar-refractivity contribution is 6.08.